The summed E-state index contributed by atoms with van der Waals surface area (Å²) in [6.07, 6.45) is 4.56. The minimum atomic E-state index is -3.80. The molecule has 0 unspecified atom stereocenters. The van der Waals surface area contributed by atoms with Crippen molar-refractivity contribution < 1.29 is 18.3 Å². The molecule has 0 saturated heterocycles. The van der Waals surface area contributed by atoms with Crippen molar-refractivity contribution >= 4 is 10.0 Å². The first-order valence-electron chi connectivity index (χ1n) is 10.8. The van der Waals surface area contributed by atoms with Crippen molar-refractivity contribution in [2.24, 2.45) is 11.8 Å². The van der Waals surface area contributed by atoms with Crippen LogP contribution in [0, 0.1) is 23.7 Å². The number of likely N-dealkylation sites (N-methyl/N-ethyl adjacent to an activating group) is 1. The van der Waals surface area contributed by atoms with Crippen molar-refractivity contribution in [3.8, 4) is 17.6 Å². The van der Waals surface area contributed by atoms with Crippen molar-refractivity contribution in [3.05, 3.63) is 23.8 Å². The summed E-state index contributed by atoms with van der Waals surface area (Å²) < 4.78 is 34.5. The fourth-order valence-corrected chi connectivity index (χ4v) is 5.96. The summed E-state index contributed by atoms with van der Waals surface area (Å²) in [6, 6.07) is 4.61. The molecule has 1 aromatic rings. The number of fused-ring (bicyclic) bond motifs is 1. The standard InChI is InChI=1S/C23H34N2O4S/c1-17-14-25(18(2)16-26)30(27,28)23-12-11-20(10-9-19-7-5-6-8-19)13-21(23)29-22(17)15-24(3)4/h11-13,17-19,22,26H,5-8,14-16H2,1-4H3/t17-,18+,22-/m0/s1. The summed E-state index contributed by atoms with van der Waals surface area (Å²) in [5.41, 5.74) is 0.773. The Kier molecular flexibility index (Phi) is 7.46. The smallest absolute Gasteiger partial charge is 0.247 e. The maximum absolute atomic E-state index is 13.4. The van der Waals surface area contributed by atoms with Gasteiger partial charge in [-0.25, -0.2) is 8.42 Å². The Bertz CT molecular complexity index is 898. The number of aliphatic hydroxyl groups is 1. The first kappa shape index (κ1) is 23.1. The van der Waals surface area contributed by atoms with Crippen LogP contribution in [-0.2, 0) is 10.0 Å². The summed E-state index contributed by atoms with van der Waals surface area (Å²) in [4.78, 5) is 2.19. The van der Waals surface area contributed by atoms with Gasteiger partial charge in [-0.3, -0.25) is 0 Å². The van der Waals surface area contributed by atoms with Gasteiger partial charge in [-0.15, -0.1) is 0 Å². The van der Waals surface area contributed by atoms with Gasteiger partial charge in [0, 0.05) is 36.5 Å². The van der Waals surface area contributed by atoms with E-state index in [2.05, 4.69) is 11.8 Å². The molecule has 0 amide bonds. The molecule has 1 aliphatic carbocycles. The summed E-state index contributed by atoms with van der Waals surface area (Å²) in [5.74, 6) is 7.29. The van der Waals surface area contributed by atoms with E-state index in [1.807, 2.05) is 25.9 Å². The number of sulfonamides is 1. The highest BCUT2D eigenvalue weighted by Crippen LogP contribution is 2.34. The Morgan fingerprint density at radius 2 is 2.00 bits per heavy atom. The number of aliphatic hydroxyl groups excluding tert-OH is 1. The molecular formula is C23H34N2O4S. The third kappa shape index (κ3) is 5.17. The predicted molar refractivity (Wildman–Crippen MR) is 118 cm³/mol. The molecule has 1 N–H and O–H groups in total. The van der Waals surface area contributed by atoms with Crippen molar-refractivity contribution in [2.75, 3.05) is 33.8 Å². The van der Waals surface area contributed by atoms with Crippen LogP contribution in [0.2, 0.25) is 0 Å². The first-order valence-corrected chi connectivity index (χ1v) is 12.3. The normalized spacial score (nSPS) is 25.5. The Labute approximate surface area is 181 Å². The summed E-state index contributed by atoms with van der Waals surface area (Å²) in [5, 5.41) is 9.68. The topological polar surface area (TPSA) is 70.1 Å². The van der Waals surface area contributed by atoms with Crippen molar-refractivity contribution in [3.63, 3.8) is 0 Å². The number of hydrogen-bond donors (Lipinski definition) is 1. The van der Waals surface area contributed by atoms with Gasteiger partial charge in [0.1, 0.15) is 16.7 Å². The van der Waals surface area contributed by atoms with E-state index >= 15 is 0 Å². The molecule has 0 spiro atoms. The van der Waals surface area contributed by atoms with Gasteiger partial charge in [-0.2, -0.15) is 4.31 Å². The van der Waals surface area contributed by atoms with Crippen LogP contribution in [0.5, 0.6) is 5.75 Å². The van der Waals surface area contributed by atoms with E-state index in [4.69, 9.17) is 4.74 Å². The lowest BCUT2D eigenvalue weighted by Crippen LogP contribution is -2.49. The molecule has 6 nitrogen and oxygen atoms in total. The molecule has 1 heterocycles. The molecule has 1 aromatic carbocycles. The molecule has 1 saturated carbocycles. The zero-order valence-corrected chi connectivity index (χ0v) is 19.3. The average molecular weight is 435 g/mol. The van der Waals surface area contributed by atoms with Crippen LogP contribution < -0.4 is 4.74 Å². The molecule has 7 heteroatoms. The minimum Gasteiger partial charge on any atom is -0.487 e. The third-order valence-electron chi connectivity index (χ3n) is 5.99. The van der Waals surface area contributed by atoms with E-state index in [9.17, 15) is 13.5 Å². The van der Waals surface area contributed by atoms with E-state index < -0.39 is 16.1 Å². The van der Waals surface area contributed by atoms with Crippen LogP contribution in [0.3, 0.4) is 0 Å². The zero-order chi connectivity index (χ0) is 21.9. The van der Waals surface area contributed by atoms with Gasteiger partial charge in [0.25, 0.3) is 0 Å². The number of benzene rings is 1. The lowest BCUT2D eigenvalue weighted by atomic mass is 10.0. The Hall–Kier alpha value is -1.59. The number of hydrogen-bond acceptors (Lipinski definition) is 5. The van der Waals surface area contributed by atoms with E-state index in [1.54, 1.807) is 25.1 Å². The molecule has 1 aliphatic heterocycles. The van der Waals surface area contributed by atoms with Crippen LogP contribution in [-0.4, -0.2) is 68.7 Å². The van der Waals surface area contributed by atoms with Crippen molar-refractivity contribution in [1.29, 1.82) is 0 Å². The molecule has 0 radical (unpaired) electrons. The van der Waals surface area contributed by atoms with Crippen molar-refractivity contribution in [2.45, 2.75) is 56.6 Å². The largest absolute Gasteiger partial charge is 0.487 e. The van der Waals surface area contributed by atoms with Crippen LogP contribution >= 0.6 is 0 Å². The minimum absolute atomic E-state index is 0.0439. The quantitative estimate of drug-likeness (QED) is 0.738. The molecule has 2 aliphatic rings. The van der Waals surface area contributed by atoms with Gasteiger partial charge in [0.2, 0.25) is 10.0 Å². The lowest BCUT2D eigenvalue weighted by molar-refractivity contribution is 0.0812. The average Bonchev–Trinajstić information content (AvgIpc) is 3.21. The number of rotatable bonds is 4. The van der Waals surface area contributed by atoms with Crippen molar-refractivity contribution in [1.82, 2.24) is 9.21 Å². The Morgan fingerprint density at radius 3 is 2.63 bits per heavy atom. The van der Waals surface area contributed by atoms with Gasteiger partial charge in [-0.05, 0) is 52.1 Å². The first-order chi connectivity index (χ1) is 14.2. The maximum Gasteiger partial charge on any atom is 0.247 e. The molecule has 30 heavy (non-hydrogen) atoms. The summed E-state index contributed by atoms with van der Waals surface area (Å²) >= 11 is 0. The van der Waals surface area contributed by atoms with E-state index in [0.717, 1.165) is 18.4 Å². The molecule has 166 valence electrons. The number of ether oxygens (including phenoxy) is 1. The fraction of sp³-hybridized carbons (Fsp3) is 0.652. The predicted octanol–water partition coefficient (Wildman–Crippen LogP) is 2.56. The van der Waals surface area contributed by atoms with Crippen LogP contribution in [0.25, 0.3) is 0 Å². The number of nitrogens with zero attached hydrogens (tertiary/aromatic N) is 2. The highest BCUT2D eigenvalue weighted by Gasteiger charge is 2.37. The molecule has 3 atom stereocenters. The van der Waals surface area contributed by atoms with Gasteiger partial charge < -0.3 is 14.7 Å². The second kappa shape index (κ2) is 9.69. The second-order valence-corrected chi connectivity index (χ2v) is 10.8. The van der Waals surface area contributed by atoms with Crippen LogP contribution in [0.15, 0.2) is 23.1 Å². The molecule has 1 fully saturated rings. The van der Waals surface area contributed by atoms with Gasteiger partial charge in [0.15, 0.2) is 0 Å². The molecule has 0 aromatic heterocycles. The van der Waals surface area contributed by atoms with Gasteiger partial charge in [0.05, 0.1) is 6.61 Å². The maximum atomic E-state index is 13.4. The van der Waals surface area contributed by atoms with Gasteiger partial charge in [-0.1, -0.05) is 31.6 Å². The fourth-order valence-electron chi connectivity index (χ4n) is 4.14. The SMILES string of the molecule is C[C@H](CO)N1C[C@H](C)[C@H](CN(C)C)Oc2cc(C#CC3CCCC3)ccc2S1(=O)=O. The van der Waals surface area contributed by atoms with Gasteiger partial charge >= 0.3 is 0 Å². The molecule has 0 bridgehead atoms. The molecule has 3 rings (SSSR count). The van der Waals surface area contributed by atoms with E-state index in [-0.39, 0.29) is 23.5 Å². The third-order valence-corrected chi connectivity index (χ3v) is 8.01. The van der Waals surface area contributed by atoms with E-state index in [1.165, 1.54) is 17.1 Å². The zero-order valence-electron chi connectivity index (χ0n) is 18.5. The summed E-state index contributed by atoms with van der Waals surface area (Å²) in [7, 11) is 0.153. The van der Waals surface area contributed by atoms with Crippen LogP contribution in [0.1, 0.15) is 45.1 Å². The highest BCUT2D eigenvalue weighted by atomic mass is 32.2. The summed E-state index contributed by atoms with van der Waals surface area (Å²) in [6.45, 7) is 4.46. The lowest BCUT2D eigenvalue weighted by Gasteiger charge is -2.37. The molecular weight excluding hydrogens is 400 g/mol. The Balaban J connectivity index is 2.04. The Morgan fingerprint density at radius 1 is 1.30 bits per heavy atom. The highest BCUT2D eigenvalue weighted by molar-refractivity contribution is 7.89. The van der Waals surface area contributed by atoms with E-state index in [0.29, 0.717) is 24.8 Å². The van der Waals surface area contributed by atoms with Crippen LogP contribution in [0.4, 0.5) is 0 Å². The monoisotopic (exact) mass is 434 g/mol. The second-order valence-electron chi connectivity index (χ2n) is 8.91.